The van der Waals surface area contributed by atoms with Gasteiger partial charge in [-0.2, -0.15) is 13.2 Å². The molecule has 220 valence electrons. The summed E-state index contributed by atoms with van der Waals surface area (Å²) >= 11 is 3.54. The number of hydrogen-bond acceptors (Lipinski definition) is 6. The van der Waals surface area contributed by atoms with Crippen LogP contribution in [0.4, 0.5) is 23.2 Å². The van der Waals surface area contributed by atoms with Crippen LogP contribution in [0.15, 0.2) is 60.7 Å². The summed E-state index contributed by atoms with van der Waals surface area (Å²) in [7, 11) is 1.74. The first kappa shape index (κ1) is 33.3. The monoisotopic (exact) mass is 594 g/mol. The number of thiol groups is 1. The van der Waals surface area contributed by atoms with Crippen LogP contribution >= 0.6 is 12.8 Å². The molecule has 0 radical (unpaired) electrons. The number of rotatable bonds is 5. The van der Waals surface area contributed by atoms with E-state index in [-0.39, 0.29) is 35.3 Å². The van der Waals surface area contributed by atoms with Crippen molar-refractivity contribution in [3.05, 3.63) is 83.2 Å². The lowest BCUT2D eigenvalue weighted by atomic mass is 9.77. The normalized spacial score (nSPS) is 16.2. The molecule has 1 aliphatic carbocycles. The minimum absolute atomic E-state index is 0.0906. The maximum Gasteiger partial charge on any atom is 0.416 e. The highest BCUT2D eigenvalue weighted by Crippen LogP contribution is 2.38. The molecule has 3 aromatic carbocycles. The lowest BCUT2D eigenvalue weighted by molar-refractivity contribution is -0.137. The molecule has 0 aromatic heterocycles. The smallest absolute Gasteiger partial charge is 0.416 e. The Balaban J connectivity index is 0.000000901. The first-order valence-corrected chi connectivity index (χ1v) is 12.9. The SMILES string of the molecule is CNS.O=CO.O=Cc1ccc(-c2ccc(C3CCCC(C(=O)Nc4ccc(C(F)(F)F)cc4F)C3)cc2)cc1O. The molecule has 1 fully saturated rings. The van der Waals surface area contributed by atoms with Crippen molar-refractivity contribution >= 4 is 37.2 Å². The minimum atomic E-state index is -4.66. The van der Waals surface area contributed by atoms with Crippen LogP contribution in [-0.2, 0) is 15.8 Å². The summed E-state index contributed by atoms with van der Waals surface area (Å²) in [5.41, 5.74) is 1.51. The second-order valence-corrected chi connectivity index (χ2v) is 9.53. The molecule has 0 bridgehead atoms. The number of hydrogen-bond donors (Lipinski definition) is 5. The molecular formula is C29H30F4N2O5S. The third-order valence-corrected chi connectivity index (χ3v) is 6.47. The van der Waals surface area contributed by atoms with Gasteiger partial charge in [-0.1, -0.05) is 49.6 Å². The number of aromatic hydroxyl groups is 1. The number of carbonyl (C=O) groups is 3. The van der Waals surface area contributed by atoms with Gasteiger partial charge in [0.15, 0.2) is 6.29 Å². The Morgan fingerprint density at radius 3 is 2.15 bits per heavy atom. The van der Waals surface area contributed by atoms with Crippen molar-refractivity contribution in [2.45, 2.75) is 37.8 Å². The van der Waals surface area contributed by atoms with Gasteiger partial charge in [-0.15, -0.1) is 0 Å². The van der Waals surface area contributed by atoms with Crippen molar-refractivity contribution in [3.8, 4) is 16.9 Å². The number of anilines is 1. The number of nitrogens with one attached hydrogen (secondary N) is 2. The van der Waals surface area contributed by atoms with E-state index in [2.05, 4.69) is 22.9 Å². The Kier molecular flexibility index (Phi) is 12.8. The second-order valence-electron chi connectivity index (χ2n) is 9.08. The van der Waals surface area contributed by atoms with Crippen LogP contribution in [0.2, 0.25) is 0 Å². The molecule has 1 amide bonds. The first-order chi connectivity index (χ1) is 19.5. The first-order valence-electron chi connectivity index (χ1n) is 12.4. The lowest BCUT2D eigenvalue weighted by Gasteiger charge is -2.29. The molecule has 12 heteroatoms. The highest BCUT2D eigenvalue weighted by molar-refractivity contribution is 7.78. The number of benzene rings is 3. The molecule has 0 saturated heterocycles. The van der Waals surface area contributed by atoms with Crippen molar-refractivity contribution in [1.29, 1.82) is 0 Å². The number of aldehydes is 1. The van der Waals surface area contributed by atoms with Gasteiger partial charge in [-0.25, -0.2) is 4.39 Å². The molecule has 2 atom stereocenters. The summed E-state index contributed by atoms with van der Waals surface area (Å²) in [6.45, 7) is -0.250. The van der Waals surface area contributed by atoms with E-state index in [4.69, 9.17) is 9.90 Å². The summed E-state index contributed by atoms with van der Waals surface area (Å²) in [6.07, 6.45) is -1.24. The Labute approximate surface area is 240 Å². The quantitative estimate of drug-likeness (QED) is 0.128. The predicted molar refractivity (Wildman–Crippen MR) is 150 cm³/mol. The van der Waals surface area contributed by atoms with Crippen molar-refractivity contribution in [2.75, 3.05) is 12.4 Å². The van der Waals surface area contributed by atoms with Gasteiger partial charge >= 0.3 is 6.18 Å². The maximum absolute atomic E-state index is 14.1. The molecule has 3 aromatic rings. The summed E-state index contributed by atoms with van der Waals surface area (Å²) in [4.78, 5) is 32.0. The van der Waals surface area contributed by atoms with Crippen LogP contribution in [0.5, 0.6) is 5.75 Å². The topological polar surface area (TPSA) is 116 Å². The van der Waals surface area contributed by atoms with Gasteiger partial charge in [0.05, 0.1) is 16.8 Å². The minimum Gasteiger partial charge on any atom is -0.507 e. The zero-order valence-corrected chi connectivity index (χ0v) is 22.9. The molecule has 1 saturated carbocycles. The van der Waals surface area contributed by atoms with Gasteiger partial charge in [-0.3, -0.25) is 19.1 Å². The summed E-state index contributed by atoms with van der Waals surface area (Å²) in [5.74, 6) is -1.90. The molecule has 41 heavy (non-hydrogen) atoms. The molecule has 7 nitrogen and oxygen atoms in total. The molecule has 4 N–H and O–H groups in total. The van der Waals surface area contributed by atoms with Gasteiger partial charge in [0.25, 0.3) is 6.47 Å². The maximum atomic E-state index is 14.1. The van der Waals surface area contributed by atoms with E-state index in [9.17, 15) is 32.3 Å². The highest BCUT2D eigenvalue weighted by Gasteiger charge is 2.32. The van der Waals surface area contributed by atoms with Crippen LogP contribution in [0.3, 0.4) is 0 Å². The van der Waals surface area contributed by atoms with Crippen molar-refractivity contribution in [3.63, 3.8) is 0 Å². The molecule has 0 heterocycles. The fourth-order valence-corrected chi connectivity index (χ4v) is 4.53. The Morgan fingerprint density at radius 2 is 1.61 bits per heavy atom. The van der Waals surface area contributed by atoms with Crippen molar-refractivity contribution < 1.29 is 42.2 Å². The zero-order chi connectivity index (χ0) is 30.6. The van der Waals surface area contributed by atoms with E-state index in [0.717, 1.165) is 41.7 Å². The number of halogens is 4. The van der Waals surface area contributed by atoms with E-state index >= 15 is 0 Å². The van der Waals surface area contributed by atoms with Crippen molar-refractivity contribution in [2.24, 2.45) is 5.92 Å². The van der Waals surface area contributed by atoms with Crippen LogP contribution in [0.25, 0.3) is 11.1 Å². The number of amides is 1. The van der Waals surface area contributed by atoms with E-state index in [1.165, 1.54) is 6.07 Å². The number of carbonyl (C=O) groups excluding carboxylic acids is 2. The molecule has 2 unspecified atom stereocenters. The van der Waals surface area contributed by atoms with E-state index < -0.39 is 23.5 Å². The lowest BCUT2D eigenvalue weighted by Crippen LogP contribution is -2.28. The fraction of sp³-hybridized carbons (Fsp3) is 0.276. The third-order valence-electron chi connectivity index (χ3n) is 6.47. The Hall–Kier alpha value is -3.90. The fourth-order valence-electron chi connectivity index (χ4n) is 4.53. The summed E-state index contributed by atoms with van der Waals surface area (Å²) < 4.78 is 54.8. The van der Waals surface area contributed by atoms with Gasteiger partial charge in [-0.05, 0) is 79.3 Å². The second kappa shape index (κ2) is 15.8. The average molecular weight is 595 g/mol. The van der Waals surface area contributed by atoms with Crippen molar-refractivity contribution in [1.82, 2.24) is 4.72 Å². The van der Waals surface area contributed by atoms with Gasteiger partial charge in [0.2, 0.25) is 5.91 Å². The Bertz CT molecular complexity index is 1320. The van der Waals surface area contributed by atoms with Crippen LogP contribution < -0.4 is 10.0 Å². The van der Waals surface area contributed by atoms with Gasteiger partial charge < -0.3 is 15.5 Å². The van der Waals surface area contributed by atoms with Gasteiger partial charge in [0.1, 0.15) is 11.6 Å². The van der Waals surface area contributed by atoms with Crippen LogP contribution in [-0.4, -0.2) is 35.9 Å². The summed E-state index contributed by atoms with van der Waals surface area (Å²) in [6, 6.07) is 14.6. The molecule has 4 rings (SSSR count). The van der Waals surface area contributed by atoms with Crippen LogP contribution in [0, 0.1) is 11.7 Å². The van der Waals surface area contributed by atoms with E-state index in [1.807, 2.05) is 24.3 Å². The largest absolute Gasteiger partial charge is 0.507 e. The summed E-state index contributed by atoms with van der Waals surface area (Å²) in [5, 5.41) is 19.3. The van der Waals surface area contributed by atoms with Gasteiger partial charge in [0, 0.05) is 5.92 Å². The number of alkyl halides is 3. The van der Waals surface area contributed by atoms with E-state index in [1.54, 1.807) is 19.2 Å². The zero-order valence-electron chi connectivity index (χ0n) is 22.0. The number of carboxylic acid groups (broad SMARTS) is 1. The molecule has 1 aliphatic rings. The highest BCUT2D eigenvalue weighted by atomic mass is 32.1. The molecule has 0 aliphatic heterocycles. The van der Waals surface area contributed by atoms with Crippen LogP contribution in [0.1, 0.15) is 53.1 Å². The standard InChI is InChI=1S/C27H23F4NO3.CH5NS.CH2O2/c28-23-14-22(27(29,30)31)10-11-24(23)32-26(35)20-3-1-2-18(12-20)16-4-6-17(7-5-16)19-8-9-21(15-33)25(34)13-19;1-2-3;2-1-3/h4-11,13-15,18,20,34H,1-3,12H2,(H,32,35);2-3H,1H3;1H,(H,2,3). The number of phenolic OH excluding ortho intramolecular Hbond substituents is 1. The molecular weight excluding hydrogens is 564 g/mol. The number of phenols is 1. The predicted octanol–water partition coefficient (Wildman–Crippen LogP) is 6.69. The van der Waals surface area contributed by atoms with E-state index in [0.29, 0.717) is 25.2 Å². The molecule has 0 spiro atoms. The average Bonchev–Trinajstić information content (AvgIpc) is 2.94. The third kappa shape index (κ3) is 9.61. The Morgan fingerprint density at radius 1 is 1.00 bits per heavy atom.